The fraction of sp³-hybridized carbons (Fsp3) is 0.737. The molecule has 12 heteroatoms. The Labute approximate surface area is 187 Å². The maximum Gasteiger partial charge on any atom is 0.326 e. The number of hydrogen-bond donors (Lipinski definition) is 7. The molecule has 11 nitrogen and oxygen atoms in total. The summed E-state index contributed by atoms with van der Waals surface area (Å²) in [6.07, 6.45) is 0.473. The lowest BCUT2D eigenvalue weighted by molar-refractivity contribution is -0.144. The fourth-order valence-corrected chi connectivity index (χ4v) is 2.82. The zero-order valence-electron chi connectivity index (χ0n) is 18.4. The molecule has 0 radical (unpaired) electrons. The highest BCUT2D eigenvalue weighted by Gasteiger charge is 2.34. The number of nitrogens with one attached hydrogen (secondary N) is 3. The van der Waals surface area contributed by atoms with Crippen LogP contribution in [0, 0.1) is 11.8 Å². The first kappa shape index (κ1) is 28.7. The number of rotatable bonds is 14. The van der Waals surface area contributed by atoms with Crippen molar-refractivity contribution in [3.05, 3.63) is 0 Å². The maximum absolute atomic E-state index is 13.0. The van der Waals surface area contributed by atoms with E-state index in [1.165, 1.54) is 0 Å². The number of carbonyl (C=O) groups excluding carboxylic acids is 4. The van der Waals surface area contributed by atoms with Crippen LogP contribution in [0.5, 0.6) is 0 Å². The molecule has 0 aromatic rings. The first-order valence-electron chi connectivity index (χ1n) is 10.2. The van der Waals surface area contributed by atoms with E-state index in [9.17, 15) is 29.1 Å². The number of thiol groups is 1. The molecule has 178 valence electrons. The molecule has 0 aliphatic carbocycles. The molecule has 31 heavy (non-hydrogen) atoms. The third kappa shape index (κ3) is 9.55. The number of nitrogens with two attached hydrogens (primary N) is 2. The molecule has 0 saturated carbocycles. The fourth-order valence-electron chi connectivity index (χ4n) is 2.65. The van der Waals surface area contributed by atoms with Crippen molar-refractivity contribution >= 4 is 42.2 Å². The van der Waals surface area contributed by atoms with Crippen molar-refractivity contribution in [1.82, 2.24) is 16.0 Å². The summed E-state index contributed by atoms with van der Waals surface area (Å²) >= 11 is 3.98. The second-order valence-corrected chi connectivity index (χ2v) is 7.97. The topological polar surface area (TPSA) is 194 Å². The molecule has 0 spiro atoms. The molecular formula is C19H35N5O6S. The summed E-state index contributed by atoms with van der Waals surface area (Å²) in [5.41, 5.74) is 10.7. The number of primary amides is 1. The van der Waals surface area contributed by atoms with Crippen molar-refractivity contribution < 1.29 is 29.1 Å². The van der Waals surface area contributed by atoms with E-state index in [0.29, 0.717) is 12.8 Å². The molecule has 0 aromatic carbocycles. The number of carboxylic acids is 1. The van der Waals surface area contributed by atoms with Crippen LogP contribution < -0.4 is 27.4 Å². The Hall–Kier alpha value is -2.34. The maximum atomic E-state index is 13.0. The van der Waals surface area contributed by atoms with Gasteiger partial charge in [0.2, 0.25) is 23.6 Å². The van der Waals surface area contributed by atoms with Crippen LogP contribution in [0.2, 0.25) is 0 Å². The van der Waals surface area contributed by atoms with Crippen LogP contribution in [0.4, 0.5) is 0 Å². The van der Waals surface area contributed by atoms with Crippen LogP contribution in [-0.4, -0.2) is 64.6 Å². The Morgan fingerprint density at radius 1 is 0.871 bits per heavy atom. The summed E-state index contributed by atoms with van der Waals surface area (Å²) in [4.78, 5) is 60.3. The van der Waals surface area contributed by atoms with Crippen LogP contribution in [0.1, 0.15) is 47.0 Å². The predicted molar refractivity (Wildman–Crippen MR) is 118 cm³/mol. The summed E-state index contributed by atoms with van der Waals surface area (Å²) < 4.78 is 0. The summed E-state index contributed by atoms with van der Waals surface area (Å²) in [6.45, 7) is 7.12. The lowest BCUT2D eigenvalue weighted by Gasteiger charge is -2.29. The predicted octanol–water partition coefficient (Wildman–Crippen LogP) is -1.25. The van der Waals surface area contributed by atoms with Gasteiger partial charge in [-0.3, -0.25) is 19.2 Å². The van der Waals surface area contributed by atoms with E-state index in [4.69, 9.17) is 11.5 Å². The molecule has 0 aliphatic rings. The number of aliphatic carboxylic acids is 1. The van der Waals surface area contributed by atoms with Gasteiger partial charge in [-0.15, -0.1) is 0 Å². The molecule has 0 rings (SSSR count). The van der Waals surface area contributed by atoms with E-state index >= 15 is 0 Å². The molecular weight excluding hydrogens is 426 g/mol. The van der Waals surface area contributed by atoms with Crippen LogP contribution in [-0.2, 0) is 24.0 Å². The Morgan fingerprint density at radius 2 is 1.29 bits per heavy atom. The Balaban J connectivity index is 5.60. The van der Waals surface area contributed by atoms with Gasteiger partial charge in [0, 0.05) is 5.75 Å². The normalized spacial score (nSPS) is 16.7. The quantitative estimate of drug-likeness (QED) is 0.157. The van der Waals surface area contributed by atoms with Gasteiger partial charge in [0.05, 0.1) is 12.5 Å². The molecule has 6 unspecified atom stereocenters. The van der Waals surface area contributed by atoms with Crippen molar-refractivity contribution in [2.24, 2.45) is 23.3 Å². The molecule has 0 heterocycles. The highest BCUT2D eigenvalue weighted by Crippen LogP contribution is 2.13. The van der Waals surface area contributed by atoms with E-state index < -0.39 is 60.2 Å². The van der Waals surface area contributed by atoms with Gasteiger partial charge in [-0.25, -0.2) is 4.79 Å². The third-order valence-electron chi connectivity index (χ3n) is 5.14. The SMILES string of the molecule is CCC(C)C(NC(=O)C(N)CS)C(=O)NC(C(=O)NC(CC(N)=O)C(=O)O)C(C)CC. The first-order valence-corrected chi connectivity index (χ1v) is 10.8. The van der Waals surface area contributed by atoms with Crippen LogP contribution in [0.25, 0.3) is 0 Å². The summed E-state index contributed by atoms with van der Waals surface area (Å²) in [7, 11) is 0. The average molecular weight is 462 g/mol. The van der Waals surface area contributed by atoms with Gasteiger partial charge in [-0.05, 0) is 11.8 Å². The minimum absolute atomic E-state index is 0.0923. The molecule has 0 fully saturated rings. The first-order chi connectivity index (χ1) is 14.4. The van der Waals surface area contributed by atoms with Crippen molar-refractivity contribution in [1.29, 1.82) is 0 Å². The molecule has 0 saturated heterocycles. The van der Waals surface area contributed by atoms with Gasteiger partial charge < -0.3 is 32.5 Å². The van der Waals surface area contributed by atoms with Gasteiger partial charge in [0.15, 0.2) is 0 Å². The van der Waals surface area contributed by atoms with Gasteiger partial charge in [-0.2, -0.15) is 12.6 Å². The Kier molecular flexibility index (Phi) is 12.8. The van der Waals surface area contributed by atoms with Crippen molar-refractivity contribution in [2.75, 3.05) is 5.75 Å². The number of carbonyl (C=O) groups is 5. The largest absolute Gasteiger partial charge is 0.480 e. The average Bonchev–Trinajstić information content (AvgIpc) is 2.72. The highest BCUT2D eigenvalue weighted by molar-refractivity contribution is 7.80. The van der Waals surface area contributed by atoms with Gasteiger partial charge in [-0.1, -0.05) is 40.5 Å². The van der Waals surface area contributed by atoms with E-state index in [-0.39, 0.29) is 17.6 Å². The smallest absolute Gasteiger partial charge is 0.326 e. The minimum Gasteiger partial charge on any atom is -0.480 e. The van der Waals surface area contributed by atoms with Crippen molar-refractivity contribution in [3.63, 3.8) is 0 Å². The van der Waals surface area contributed by atoms with E-state index in [0.717, 1.165) is 0 Å². The summed E-state index contributed by atoms with van der Waals surface area (Å²) in [6, 6.07) is -4.47. The minimum atomic E-state index is -1.52. The van der Waals surface area contributed by atoms with Gasteiger partial charge in [0.1, 0.15) is 18.1 Å². The molecule has 0 aromatic heterocycles. The monoisotopic (exact) mass is 461 g/mol. The molecule has 0 aliphatic heterocycles. The van der Waals surface area contributed by atoms with E-state index in [1.54, 1.807) is 20.8 Å². The zero-order chi connectivity index (χ0) is 24.3. The highest BCUT2D eigenvalue weighted by atomic mass is 32.1. The Bertz CT molecular complexity index is 662. The van der Waals surface area contributed by atoms with Gasteiger partial charge >= 0.3 is 5.97 Å². The van der Waals surface area contributed by atoms with Crippen molar-refractivity contribution in [2.45, 2.75) is 71.1 Å². The number of carboxylic acid groups (broad SMARTS) is 1. The van der Waals surface area contributed by atoms with E-state index in [2.05, 4.69) is 28.6 Å². The van der Waals surface area contributed by atoms with Crippen LogP contribution in [0.15, 0.2) is 0 Å². The lowest BCUT2D eigenvalue weighted by atomic mass is 9.94. The second-order valence-electron chi connectivity index (χ2n) is 7.60. The zero-order valence-corrected chi connectivity index (χ0v) is 19.3. The summed E-state index contributed by atoms with van der Waals surface area (Å²) in [5.74, 6) is -4.77. The van der Waals surface area contributed by atoms with E-state index in [1.807, 2.05) is 6.92 Å². The molecule has 8 N–H and O–H groups in total. The van der Waals surface area contributed by atoms with Crippen LogP contribution in [0.3, 0.4) is 0 Å². The van der Waals surface area contributed by atoms with Crippen LogP contribution >= 0.6 is 12.6 Å². The molecule has 4 amide bonds. The summed E-state index contributed by atoms with van der Waals surface area (Å²) in [5, 5.41) is 16.7. The molecule has 6 atom stereocenters. The number of hydrogen-bond acceptors (Lipinski definition) is 7. The Morgan fingerprint density at radius 3 is 1.65 bits per heavy atom. The standard InChI is InChI=1S/C19H35N5O6S/c1-5-9(3)14(17(27)22-12(19(29)30)7-13(21)25)24-18(28)15(10(4)6-2)23-16(26)11(20)8-31/h9-12,14-15,31H,5-8,20H2,1-4H3,(H2,21,25)(H,22,27)(H,23,26)(H,24,28)(H,29,30). The molecule has 0 bridgehead atoms. The lowest BCUT2D eigenvalue weighted by Crippen LogP contribution is -2.60. The van der Waals surface area contributed by atoms with Crippen molar-refractivity contribution in [3.8, 4) is 0 Å². The third-order valence-corrected chi connectivity index (χ3v) is 5.53. The number of amides is 4. The second kappa shape index (κ2) is 13.9. The van der Waals surface area contributed by atoms with Gasteiger partial charge in [0.25, 0.3) is 0 Å².